The number of hydrogen-bond acceptors (Lipinski definition) is 6. The summed E-state index contributed by atoms with van der Waals surface area (Å²) < 4.78 is 7.08. The Morgan fingerprint density at radius 1 is 0.975 bits per heavy atom. The Balaban J connectivity index is 1.58. The van der Waals surface area contributed by atoms with Gasteiger partial charge in [-0.1, -0.05) is 84.9 Å². The van der Waals surface area contributed by atoms with Crippen molar-refractivity contribution in [2.24, 2.45) is 5.73 Å². The molecule has 2 aromatic heterocycles. The first-order valence-electron chi connectivity index (χ1n) is 13.6. The molecule has 0 bridgehead atoms. The number of nitrogens with zero attached hydrogens (tertiary/aromatic N) is 4. The summed E-state index contributed by atoms with van der Waals surface area (Å²) in [5.41, 5.74) is 9.93. The van der Waals surface area contributed by atoms with Gasteiger partial charge in [0.1, 0.15) is 11.2 Å². The fourth-order valence-corrected chi connectivity index (χ4v) is 5.06. The van der Waals surface area contributed by atoms with E-state index < -0.39 is 6.04 Å². The lowest BCUT2D eigenvalue weighted by Gasteiger charge is -2.32. The van der Waals surface area contributed by atoms with Gasteiger partial charge in [-0.3, -0.25) is 14.2 Å². The maximum Gasteiger partial charge on any atom is 0.267 e. The van der Waals surface area contributed by atoms with Gasteiger partial charge in [-0.15, -0.1) is 0 Å². The van der Waals surface area contributed by atoms with Gasteiger partial charge in [0.25, 0.3) is 17.2 Å². The Morgan fingerprint density at radius 2 is 1.62 bits per heavy atom. The molecule has 2 heterocycles. The summed E-state index contributed by atoms with van der Waals surface area (Å²) in [6, 6.07) is 26.9. The molecule has 1 unspecified atom stereocenters. The number of hydrogen-bond donors (Lipinski definition) is 1. The van der Waals surface area contributed by atoms with Crippen LogP contribution in [-0.4, -0.2) is 38.6 Å². The maximum absolute atomic E-state index is 14.0. The molecule has 0 radical (unpaired) electrons. The van der Waals surface area contributed by atoms with E-state index in [1.807, 2.05) is 91.9 Å². The van der Waals surface area contributed by atoms with Crippen LogP contribution in [0.3, 0.4) is 0 Å². The zero-order valence-corrected chi connectivity index (χ0v) is 22.8. The van der Waals surface area contributed by atoms with Crippen LogP contribution < -0.4 is 11.3 Å². The molecule has 5 aromatic rings. The molecule has 0 saturated carbocycles. The van der Waals surface area contributed by atoms with E-state index in [1.54, 1.807) is 16.4 Å². The number of rotatable bonds is 10. The van der Waals surface area contributed by atoms with Crippen molar-refractivity contribution in [2.45, 2.75) is 39.3 Å². The van der Waals surface area contributed by atoms with Crippen LogP contribution in [-0.2, 0) is 6.54 Å². The molecule has 1 atom stereocenters. The van der Waals surface area contributed by atoms with Crippen molar-refractivity contribution in [3.8, 4) is 11.1 Å². The Bertz CT molecular complexity index is 1640. The normalized spacial score (nSPS) is 12.0. The molecule has 8 heteroatoms. The molecule has 2 N–H and O–H groups in total. The summed E-state index contributed by atoms with van der Waals surface area (Å²) in [6.07, 6.45) is 1.15. The summed E-state index contributed by atoms with van der Waals surface area (Å²) in [4.78, 5) is 34.4. The van der Waals surface area contributed by atoms with Gasteiger partial charge in [0, 0.05) is 12.1 Å². The highest BCUT2D eigenvalue weighted by Gasteiger charge is 2.30. The molecule has 0 aliphatic carbocycles. The number of nitrogens with two attached hydrogens (primary N) is 1. The standard InChI is InChI=1S/C32H33N5O3/c1-3-27(29-34-30-28(22(2)35-40-30)32(39)37(29)21-23-11-6-4-7-12-23)36(20-10-19-33)31(38)26-17-15-25(16-18-26)24-13-8-5-9-14-24/h4-9,11-18,27H,3,10,19-21,33H2,1-2H3. The first kappa shape index (κ1) is 27.0. The molecule has 0 spiro atoms. The second-order valence-electron chi connectivity index (χ2n) is 9.80. The van der Waals surface area contributed by atoms with Gasteiger partial charge in [0.05, 0.1) is 18.3 Å². The van der Waals surface area contributed by atoms with E-state index in [-0.39, 0.29) is 17.2 Å². The average Bonchev–Trinajstić information content (AvgIpc) is 3.38. The van der Waals surface area contributed by atoms with Crippen LogP contribution in [0.15, 0.2) is 94.2 Å². The Labute approximate surface area is 233 Å². The summed E-state index contributed by atoms with van der Waals surface area (Å²) in [7, 11) is 0. The first-order valence-corrected chi connectivity index (χ1v) is 13.6. The predicted octanol–water partition coefficient (Wildman–Crippen LogP) is 5.35. The highest BCUT2D eigenvalue weighted by Crippen LogP contribution is 2.28. The van der Waals surface area contributed by atoms with Gasteiger partial charge >= 0.3 is 0 Å². The van der Waals surface area contributed by atoms with E-state index in [9.17, 15) is 9.59 Å². The minimum absolute atomic E-state index is 0.144. The molecule has 0 aliphatic rings. The van der Waals surface area contributed by atoms with Crippen molar-refractivity contribution in [3.63, 3.8) is 0 Å². The van der Waals surface area contributed by atoms with Crippen LogP contribution in [0.5, 0.6) is 0 Å². The van der Waals surface area contributed by atoms with Crippen molar-refractivity contribution in [1.29, 1.82) is 0 Å². The average molecular weight is 536 g/mol. The molecular weight excluding hydrogens is 502 g/mol. The van der Waals surface area contributed by atoms with E-state index >= 15 is 0 Å². The summed E-state index contributed by atoms with van der Waals surface area (Å²) >= 11 is 0. The maximum atomic E-state index is 14.0. The Morgan fingerprint density at radius 3 is 2.27 bits per heavy atom. The van der Waals surface area contributed by atoms with Gasteiger partial charge < -0.3 is 15.2 Å². The largest absolute Gasteiger partial charge is 0.335 e. The van der Waals surface area contributed by atoms with Crippen LogP contribution in [0.4, 0.5) is 0 Å². The fourth-order valence-electron chi connectivity index (χ4n) is 5.06. The zero-order chi connectivity index (χ0) is 28.1. The van der Waals surface area contributed by atoms with E-state index in [0.29, 0.717) is 54.9 Å². The number of benzene rings is 3. The monoisotopic (exact) mass is 535 g/mol. The number of amides is 1. The van der Waals surface area contributed by atoms with Crippen molar-refractivity contribution < 1.29 is 9.32 Å². The van der Waals surface area contributed by atoms with Gasteiger partial charge in [-0.2, -0.15) is 4.98 Å². The second-order valence-corrected chi connectivity index (χ2v) is 9.80. The molecule has 1 amide bonds. The van der Waals surface area contributed by atoms with E-state index in [2.05, 4.69) is 5.16 Å². The van der Waals surface area contributed by atoms with Gasteiger partial charge in [0.15, 0.2) is 0 Å². The van der Waals surface area contributed by atoms with Crippen LogP contribution >= 0.6 is 0 Å². The lowest BCUT2D eigenvalue weighted by molar-refractivity contribution is 0.0655. The molecule has 0 aliphatic heterocycles. The van der Waals surface area contributed by atoms with Crippen molar-refractivity contribution >= 4 is 17.0 Å². The minimum Gasteiger partial charge on any atom is -0.335 e. The molecule has 8 nitrogen and oxygen atoms in total. The lowest BCUT2D eigenvalue weighted by atomic mass is 10.0. The minimum atomic E-state index is -0.487. The summed E-state index contributed by atoms with van der Waals surface area (Å²) in [6.45, 7) is 4.88. The molecule has 40 heavy (non-hydrogen) atoms. The van der Waals surface area contributed by atoms with Gasteiger partial charge in [-0.25, -0.2) is 0 Å². The topological polar surface area (TPSA) is 107 Å². The second kappa shape index (κ2) is 12.1. The van der Waals surface area contributed by atoms with Gasteiger partial charge in [-0.05, 0) is 55.1 Å². The number of aryl methyl sites for hydroxylation is 1. The molecule has 5 rings (SSSR count). The third kappa shape index (κ3) is 5.44. The highest BCUT2D eigenvalue weighted by molar-refractivity contribution is 5.95. The van der Waals surface area contributed by atoms with E-state index in [4.69, 9.17) is 15.2 Å². The molecule has 0 fully saturated rings. The van der Waals surface area contributed by atoms with E-state index in [1.165, 1.54) is 0 Å². The zero-order valence-electron chi connectivity index (χ0n) is 22.8. The number of aromatic nitrogens is 3. The highest BCUT2D eigenvalue weighted by atomic mass is 16.5. The van der Waals surface area contributed by atoms with Crippen molar-refractivity contribution in [2.75, 3.05) is 13.1 Å². The third-order valence-corrected chi connectivity index (χ3v) is 7.14. The number of carbonyl (C=O) groups excluding carboxylic acids is 1. The predicted molar refractivity (Wildman–Crippen MR) is 156 cm³/mol. The molecule has 0 saturated heterocycles. The SMILES string of the molecule is CCC(c1nc2onc(C)c2c(=O)n1Cc1ccccc1)N(CCCN)C(=O)c1ccc(-c2ccccc2)cc1. The van der Waals surface area contributed by atoms with Gasteiger partial charge in [0.2, 0.25) is 0 Å². The number of carbonyl (C=O) groups is 1. The third-order valence-electron chi connectivity index (χ3n) is 7.14. The first-order chi connectivity index (χ1) is 19.5. The Hall–Kier alpha value is -4.56. The molecular formula is C32H33N5O3. The fraction of sp³-hybridized carbons (Fsp3) is 0.250. The lowest BCUT2D eigenvalue weighted by Crippen LogP contribution is -2.40. The quantitative estimate of drug-likeness (QED) is 0.258. The van der Waals surface area contributed by atoms with Crippen LogP contribution in [0.25, 0.3) is 22.2 Å². The molecule has 204 valence electrons. The smallest absolute Gasteiger partial charge is 0.267 e. The molecule has 3 aromatic carbocycles. The summed E-state index contributed by atoms with van der Waals surface area (Å²) in [5.74, 6) is 0.320. The van der Waals surface area contributed by atoms with Crippen LogP contribution in [0.2, 0.25) is 0 Å². The van der Waals surface area contributed by atoms with Crippen LogP contribution in [0.1, 0.15) is 53.2 Å². The Kier molecular flexibility index (Phi) is 8.17. The van der Waals surface area contributed by atoms with E-state index in [0.717, 1.165) is 16.7 Å². The van der Waals surface area contributed by atoms with Crippen molar-refractivity contribution in [1.82, 2.24) is 19.6 Å². The number of fused-ring (bicyclic) bond motifs is 1. The summed E-state index contributed by atoms with van der Waals surface area (Å²) in [5, 5.41) is 4.35. The van der Waals surface area contributed by atoms with Crippen molar-refractivity contribution in [3.05, 3.63) is 118 Å². The van der Waals surface area contributed by atoms with Crippen LogP contribution in [0, 0.1) is 6.92 Å².